The second-order valence-electron chi connectivity index (χ2n) is 5.40. The Hall–Kier alpha value is -3.27. The maximum absolute atomic E-state index is 12.1. The van der Waals surface area contributed by atoms with Crippen LogP contribution in [0.2, 0.25) is 0 Å². The van der Waals surface area contributed by atoms with Gasteiger partial charge in [-0.05, 0) is 25.1 Å². The standard InChI is InChI=1S/C17H16N6O3S/c1-2-22-16(13-8-9-18-10-14(13)23(25)26)20-21-17(22)27-11-15(24)19-12-6-4-3-5-7-12/h3-10H,2,11H2,1H3,(H,19,24). The highest BCUT2D eigenvalue weighted by atomic mass is 32.2. The minimum Gasteiger partial charge on any atom is -0.325 e. The first-order valence-electron chi connectivity index (χ1n) is 8.09. The van der Waals surface area contributed by atoms with Gasteiger partial charge >= 0.3 is 0 Å². The number of amides is 1. The van der Waals surface area contributed by atoms with Crippen molar-refractivity contribution < 1.29 is 9.72 Å². The van der Waals surface area contributed by atoms with E-state index in [1.807, 2.05) is 25.1 Å². The SMILES string of the molecule is CCn1c(SCC(=O)Nc2ccccc2)nnc1-c1ccncc1[N+](=O)[O-]. The van der Waals surface area contributed by atoms with Crippen molar-refractivity contribution in [1.82, 2.24) is 19.7 Å². The summed E-state index contributed by atoms with van der Waals surface area (Å²) in [5.41, 5.74) is 0.913. The van der Waals surface area contributed by atoms with Crippen molar-refractivity contribution in [3.05, 3.63) is 58.9 Å². The van der Waals surface area contributed by atoms with Crippen LogP contribution in [-0.2, 0) is 11.3 Å². The second-order valence-corrected chi connectivity index (χ2v) is 6.35. The first-order valence-corrected chi connectivity index (χ1v) is 9.08. The van der Waals surface area contributed by atoms with E-state index < -0.39 is 4.92 Å². The molecule has 0 spiro atoms. The van der Waals surface area contributed by atoms with Gasteiger partial charge in [-0.25, -0.2) is 0 Å². The predicted molar refractivity (Wildman–Crippen MR) is 101 cm³/mol. The largest absolute Gasteiger partial charge is 0.325 e. The van der Waals surface area contributed by atoms with E-state index in [0.29, 0.717) is 28.8 Å². The number of aromatic nitrogens is 4. The van der Waals surface area contributed by atoms with Gasteiger partial charge in [0.2, 0.25) is 5.91 Å². The molecule has 0 saturated carbocycles. The zero-order chi connectivity index (χ0) is 19.2. The van der Waals surface area contributed by atoms with Crippen molar-refractivity contribution in [2.75, 3.05) is 11.1 Å². The lowest BCUT2D eigenvalue weighted by Gasteiger charge is -2.08. The molecule has 0 fully saturated rings. The number of hydrogen-bond donors (Lipinski definition) is 1. The summed E-state index contributed by atoms with van der Waals surface area (Å²) in [7, 11) is 0. The van der Waals surface area contributed by atoms with E-state index in [2.05, 4.69) is 20.5 Å². The average molecular weight is 384 g/mol. The molecule has 138 valence electrons. The second kappa shape index (κ2) is 8.41. The molecule has 0 atom stereocenters. The summed E-state index contributed by atoms with van der Waals surface area (Å²) in [5, 5.41) is 22.7. The number of thioether (sulfide) groups is 1. The zero-order valence-electron chi connectivity index (χ0n) is 14.4. The molecule has 0 radical (unpaired) electrons. The van der Waals surface area contributed by atoms with Gasteiger partial charge in [0.15, 0.2) is 11.0 Å². The quantitative estimate of drug-likeness (QED) is 0.378. The molecule has 3 aromatic rings. The first-order chi connectivity index (χ1) is 13.1. The Kier molecular flexibility index (Phi) is 5.77. The number of nitro groups is 1. The molecule has 2 aromatic heterocycles. The van der Waals surface area contributed by atoms with E-state index >= 15 is 0 Å². The van der Waals surface area contributed by atoms with Crippen LogP contribution in [0.3, 0.4) is 0 Å². The molecule has 0 aliphatic heterocycles. The molecule has 0 saturated heterocycles. The van der Waals surface area contributed by atoms with Gasteiger partial charge in [0, 0.05) is 18.4 Å². The zero-order valence-corrected chi connectivity index (χ0v) is 15.2. The van der Waals surface area contributed by atoms with Gasteiger partial charge in [0.25, 0.3) is 5.69 Å². The molecule has 27 heavy (non-hydrogen) atoms. The Morgan fingerprint density at radius 2 is 2.04 bits per heavy atom. The maximum atomic E-state index is 12.1. The number of para-hydroxylation sites is 1. The fourth-order valence-corrected chi connectivity index (χ4v) is 3.25. The number of pyridine rings is 1. The molecule has 9 nitrogen and oxygen atoms in total. The minimum absolute atomic E-state index is 0.141. The number of hydrogen-bond acceptors (Lipinski definition) is 7. The average Bonchev–Trinajstić information content (AvgIpc) is 3.10. The number of anilines is 1. The van der Waals surface area contributed by atoms with Crippen molar-refractivity contribution in [2.24, 2.45) is 0 Å². The normalized spacial score (nSPS) is 10.6. The summed E-state index contributed by atoms with van der Waals surface area (Å²) in [6.45, 7) is 2.39. The molecule has 3 rings (SSSR count). The molecule has 1 amide bonds. The Labute approximate surface area is 159 Å². The Bertz CT molecular complexity index is 960. The first kappa shape index (κ1) is 18.5. The Balaban J connectivity index is 1.77. The highest BCUT2D eigenvalue weighted by molar-refractivity contribution is 7.99. The molecule has 1 N–H and O–H groups in total. The van der Waals surface area contributed by atoms with Crippen LogP contribution < -0.4 is 5.32 Å². The van der Waals surface area contributed by atoms with Gasteiger partial charge < -0.3 is 9.88 Å². The highest BCUT2D eigenvalue weighted by Gasteiger charge is 2.22. The lowest BCUT2D eigenvalue weighted by molar-refractivity contribution is -0.384. The third kappa shape index (κ3) is 4.29. The molecule has 0 aliphatic rings. The van der Waals surface area contributed by atoms with Gasteiger partial charge in [-0.2, -0.15) is 0 Å². The van der Waals surface area contributed by atoms with Crippen LogP contribution in [0.15, 0.2) is 53.9 Å². The van der Waals surface area contributed by atoms with Crippen LogP contribution in [0.4, 0.5) is 11.4 Å². The number of carbonyl (C=O) groups is 1. The molecule has 10 heteroatoms. The van der Waals surface area contributed by atoms with Crippen molar-refractivity contribution in [3.63, 3.8) is 0 Å². The topological polar surface area (TPSA) is 116 Å². The number of carbonyl (C=O) groups excluding carboxylic acids is 1. The van der Waals surface area contributed by atoms with E-state index in [9.17, 15) is 14.9 Å². The fourth-order valence-electron chi connectivity index (χ4n) is 2.45. The van der Waals surface area contributed by atoms with Crippen LogP contribution in [0.25, 0.3) is 11.4 Å². The van der Waals surface area contributed by atoms with Gasteiger partial charge in [-0.3, -0.25) is 19.9 Å². The summed E-state index contributed by atoms with van der Waals surface area (Å²) >= 11 is 1.22. The third-order valence-electron chi connectivity index (χ3n) is 3.66. The van der Waals surface area contributed by atoms with Crippen molar-refractivity contribution >= 4 is 29.0 Å². The van der Waals surface area contributed by atoms with Crippen molar-refractivity contribution in [2.45, 2.75) is 18.6 Å². The number of nitrogens with one attached hydrogen (secondary N) is 1. The Morgan fingerprint density at radius 3 is 2.74 bits per heavy atom. The van der Waals surface area contributed by atoms with Crippen LogP contribution >= 0.6 is 11.8 Å². The molecule has 0 aliphatic carbocycles. The summed E-state index contributed by atoms with van der Waals surface area (Å²) in [4.78, 5) is 26.7. The molecule has 0 bridgehead atoms. The van der Waals surface area contributed by atoms with Gasteiger partial charge in [0.1, 0.15) is 11.8 Å². The lowest BCUT2D eigenvalue weighted by Crippen LogP contribution is -2.14. The van der Waals surface area contributed by atoms with E-state index in [4.69, 9.17) is 0 Å². The molecular weight excluding hydrogens is 368 g/mol. The summed E-state index contributed by atoms with van der Waals surface area (Å²) in [6.07, 6.45) is 2.65. The Morgan fingerprint density at radius 1 is 1.26 bits per heavy atom. The van der Waals surface area contributed by atoms with Crippen molar-refractivity contribution in [1.29, 1.82) is 0 Å². The van der Waals surface area contributed by atoms with Crippen molar-refractivity contribution in [3.8, 4) is 11.4 Å². The van der Waals surface area contributed by atoms with Gasteiger partial charge in [-0.15, -0.1) is 10.2 Å². The van der Waals surface area contributed by atoms with Crippen LogP contribution in [0.1, 0.15) is 6.92 Å². The molecule has 2 heterocycles. The van der Waals surface area contributed by atoms with Gasteiger partial charge in [0.05, 0.1) is 10.7 Å². The van der Waals surface area contributed by atoms with Crippen LogP contribution in [0, 0.1) is 10.1 Å². The minimum atomic E-state index is -0.503. The fraction of sp³-hybridized carbons (Fsp3) is 0.176. The number of nitrogens with zero attached hydrogens (tertiary/aromatic N) is 5. The predicted octanol–water partition coefficient (Wildman–Crippen LogP) is 3.00. The summed E-state index contributed by atoms with van der Waals surface area (Å²) in [6, 6.07) is 10.7. The maximum Gasteiger partial charge on any atom is 0.298 e. The number of benzene rings is 1. The smallest absolute Gasteiger partial charge is 0.298 e. The summed E-state index contributed by atoms with van der Waals surface area (Å²) in [5.74, 6) is 0.344. The van der Waals surface area contributed by atoms with Crippen LogP contribution in [-0.4, -0.2) is 36.3 Å². The van der Waals surface area contributed by atoms with Crippen LogP contribution in [0.5, 0.6) is 0 Å². The van der Waals surface area contributed by atoms with Gasteiger partial charge in [-0.1, -0.05) is 30.0 Å². The number of rotatable bonds is 7. The third-order valence-corrected chi connectivity index (χ3v) is 4.63. The van der Waals surface area contributed by atoms with E-state index in [-0.39, 0.29) is 17.3 Å². The summed E-state index contributed by atoms with van der Waals surface area (Å²) < 4.78 is 1.74. The molecule has 1 aromatic carbocycles. The van der Waals surface area contributed by atoms with E-state index in [1.54, 1.807) is 16.7 Å². The molecule has 0 unspecified atom stereocenters. The highest BCUT2D eigenvalue weighted by Crippen LogP contribution is 2.30. The molecular formula is C17H16N6O3S. The monoisotopic (exact) mass is 384 g/mol. The van der Waals surface area contributed by atoms with E-state index in [0.717, 1.165) is 0 Å². The lowest BCUT2D eigenvalue weighted by atomic mass is 10.2. The van der Waals surface area contributed by atoms with E-state index in [1.165, 1.54) is 30.2 Å².